The van der Waals surface area contributed by atoms with Gasteiger partial charge in [0, 0.05) is 4.47 Å². The van der Waals surface area contributed by atoms with Gasteiger partial charge >= 0.3 is 5.97 Å². The van der Waals surface area contributed by atoms with Gasteiger partial charge in [-0.05, 0) is 30.2 Å². The average Bonchev–Trinajstić information content (AvgIpc) is 2.18. The van der Waals surface area contributed by atoms with Crippen LogP contribution in [-0.2, 0) is 11.2 Å². The van der Waals surface area contributed by atoms with Gasteiger partial charge < -0.3 is 9.84 Å². The van der Waals surface area contributed by atoms with Crippen LogP contribution >= 0.6 is 15.9 Å². The van der Waals surface area contributed by atoms with Crippen molar-refractivity contribution in [1.29, 1.82) is 0 Å². The van der Waals surface area contributed by atoms with Crippen LogP contribution in [0, 0.1) is 0 Å². The molecule has 0 aliphatic rings. The van der Waals surface area contributed by atoms with Gasteiger partial charge in [-0.1, -0.05) is 22.9 Å². The van der Waals surface area contributed by atoms with E-state index in [1.54, 1.807) is 6.07 Å². The smallest absolute Gasteiger partial charge is 0.307 e. The Balaban J connectivity index is 2.80. The molecule has 1 N–H and O–H groups in total. The number of carboxylic acids is 1. The first-order chi connectivity index (χ1) is 7.13. The minimum absolute atomic E-state index is 0.00388. The first-order valence-electron chi connectivity index (χ1n) is 4.76. The highest BCUT2D eigenvalue weighted by molar-refractivity contribution is 9.10. The molecule has 0 spiro atoms. The van der Waals surface area contributed by atoms with Crippen LogP contribution in [0.4, 0.5) is 0 Å². The number of hydrogen-bond acceptors (Lipinski definition) is 2. The molecule has 0 saturated carbocycles. The van der Waals surface area contributed by atoms with E-state index in [1.165, 1.54) is 0 Å². The second-order valence-electron chi connectivity index (χ2n) is 3.17. The molecule has 15 heavy (non-hydrogen) atoms. The normalized spacial score (nSPS) is 10.0. The Morgan fingerprint density at radius 1 is 1.53 bits per heavy atom. The predicted octanol–water partition coefficient (Wildman–Crippen LogP) is 2.87. The first kappa shape index (κ1) is 12.0. The van der Waals surface area contributed by atoms with Crippen molar-refractivity contribution in [2.75, 3.05) is 6.61 Å². The Hall–Kier alpha value is -1.03. The van der Waals surface area contributed by atoms with E-state index in [1.807, 2.05) is 19.1 Å². The third-order valence-electron chi connectivity index (χ3n) is 1.83. The summed E-state index contributed by atoms with van der Waals surface area (Å²) < 4.78 is 6.22. The highest BCUT2D eigenvalue weighted by atomic mass is 79.9. The van der Waals surface area contributed by atoms with Crippen LogP contribution in [0.25, 0.3) is 0 Å². The Bertz CT molecular complexity index is 350. The van der Waals surface area contributed by atoms with Crippen molar-refractivity contribution in [2.45, 2.75) is 19.8 Å². The van der Waals surface area contributed by atoms with Crippen LogP contribution in [0.1, 0.15) is 18.9 Å². The second kappa shape index (κ2) is 5.75. The quantitative estimate of drug-likeness (QED) is 0.897. The third kappa shape index (κ3) is 3.91. The molecule has 0 radical (unpaired) electrons. The lowest BCUT2D eigenvalue weighted by Crippen LogP contribution is -2.02. The fraction of sp³-hybridized carbons (Fsp3) is 0.364. The number of benzene rings is 1. The van der Waals surface area contributed by atoms with Gasteiger partial charge in [-0.3, -0.25) is 4.79 Å². The van der Waals surface area contributed by atoms with E-state index in [0.717, 1.165) is 22.2 Å². The molecular formula is C11H13BrO3. The van der Waals surface area contributed by atoms with Gasteiger partial charge in [0.15, 0.2) is 0 Å². The van der Waals surface area contributed by atoms with Crippen LogP contribution in [0.15, 0.2) is 22.7 Å². The number of aliphatic carboxylic acids is 1. The Morgan fingerprint density at radius 2 is 2.27 bits per heavy atom. The van der Waals surface area contributed by atoms with Crippen LogP contribution in [-0.4, -0.2) is 17.7 Å². The molecule has 0 unspecified atom stereocenters. The van der Waals surface area contributed by atoms with Crippen molar-refractivity contribution < 1.29 is 14.6 Å². The highest BCUT2D eigenvalue weighted by Crippen LogP contribution is 2.23. The van der Waals surface area contributed by atoms with Gasteiger partial charge in [0.05, 0.1) is 13.0 Å². The molecule has 0 heterocycles. The van der Waals surface area contributed by atoms with E-state index in [2.05, 4.69) is 15.9 Å². The van der Waals surface area contributed by atoms with E-state index in [0.29, 0.717) is 6.61 Å². The second-order valence-corrected chi connectivity index (χ2v) is 4.03. The maximum Gasteiger partial charge on any atom is 0.307 e. The molecule has 3 nitrogen and oxygen atoms in total. The number of hydrogen-bond donors (Lipinski definition) is 1. The zero-order valence-corrected chi connectivity index (χ0v) is 10.1. The van der Waals surface area contributed by atoms with Gasteiger partial charge in [0.2, 0.25) is 0 Å². The Kier molecular flexibility index (Phi) is 4.62. The lowest BCUT2D eigenvalue weighted by atomic mass is 10.1. The number of halogens is 1. The summed E-state index contributed by atoms with van der Waals surface area (Å²) in [5.74, 6) is -0.125. The van der Waals surface area contributed by atoms with Gasteiger partial charge in [0.1, 0.15) is 5.75 Å². The summed E-state index contributed by atoms with van der Waals surface area (Å²) in [6, 6.07) is 5.39. The lowest BCUT2D eigenvalue weighted by molar-refractivity contribution is -0.136. The van der Waals surface area contributed by atoms with Gasteiger partial charge in [0.25, 0.3) is 0 Å². The van der Waals surface area contributed by atoms with Crippen molar-refractivity contribution >= 4 is 21.9 Å². The van der Waals surface area contributed by atoms with Crippen LogP contribution < -0.4 is 4.74 Å². The van der Waals surface area contributed by atoms with Crippen LogP contribution in [0.5, 0.6) is 5.75 Å². The molecule has 0 aliphatic heterocycles. The zero-order valence-electron chi connectivity index (χ0n) is 8.50. The molecule has 0 aliphatic carbocycles. The minimum Gasteiger partial charge on any atom is -0.494 e. The van der Waals surface area contributed by atoms with E-state index in [9.17, 15) is 4.79 Å². The maximum atomic E-state index is 10.6. The molecule has 0 amide bonds. The topological polar surface area (TPSA) is 46.5 Å². The standard InChI is InChI=1S/C11H13BrO3/c1-2-5-15-9-3-4-10(12)8(6-9)7-11(13)14/h3-4,6H,2,5,7H2,1H3,(H,13,14). The maximum absolute atomic E-state index is 10.6. The summed E-state index contributed by atoms with van der Waals surface area (Å²) in [6.45, 7) is 2.67. The molecule has 82 valence electrons. The van der Waals surface area contributed by atoms with Crippen LogP contribution in [0.3, 0.4) is 0 Å². The summed E-state index contributed by atoms with van der Waals surface area (Å²) in [7, 11) is 0. The summed E-state index contributed by atoms with van der Waals surface area (Å²) in [6.07, 6.45) is 0.939. The van der Waals surface area contributed by atoms with E-state index < -0.39 is 5.97 Å². The monoisotopic (exact) mass is 272 g/mol. The molecule has 1 aromatic rings. The summed E-state index contributed by atoms with van der Waals surface area (Å²) >= 11 is 3.31. The van der Waals surface area contributed by atoms with Crippen molar-refractivity contribution in [2.24, 2.45) is 0 Å². The largest absolute Gasteiger partial charge is 0.494 e. The average molecular weight is 273 g/mol. The molecule has 0 aromatic heterocycles. The number of ether oxygens (including phenoxy) is 1. The summed E-state index contributed by atoms with van der Waals surface area (Å²) in [5.41, 5.74) is 0.733. The van der Waals surface area contributed by atoms with E-state index >= 15 is 0 Å². The van der Waals surface area contributed by atoms with Crippen LogP contribution in [0.2, 0.25) is 0 Å². The SMILES string of the molecule is CCCOc1ccc(Br)c(CC(=O)O)c1. The van der Waals surface area contributed by atoms with Crippen molar-refractivity contribution in [3.63, 3.8) is 0 Å². The fourth-order valence-corrected chi connectivity index (χ4v) is 1.55. The molecule has 0 atom stereocenters. The minimum atomic E-state index is -0.844. The molecule has 1 aromatic carbocycles. The Labute approximate surface area is 97.2 Å². The van der Waals surface area contributed by atoms with Crippen molar-refractivity contribution in [1.82, 2.24) is 0 Å². The molecule has 1 rings (SSSR count). The number of rotatable bonds is 5. The fourth-order valence-electron chi connectivity index (χ4n) is 1.16. The number of carbonyl (C=O) groups is 1. The highest BCUT2D eigenvalue weighted by Gasteiger charge is 2.06. The predicted molar refractivity (Wildman–Crippen MR) is 61.3 cm³/mol. The van der Waals surface area contributed by atoms with Gasteiger partial charge in [-0.15, -0.1) is 0 Å². The summed E-state index contributed by atoms with van der Waals surface area (Å²) in [5, 5.41) is 8.70. The van der Waals surface area contributed by atoms with E-state index in [4.69, 9.17) is 9.84 Å². The van der Waals surface area contributed by atoms with Gasteiger partial charge in [-0.25, -0.2) is 0 Å². The van der Waals surface area contributed by atoms with Gasteiger partial charge in [-0.2, -0.15) is 0 Å². The number of carboxylic acid groups (broad SMARTS) is 1. The Morgan fingerprint density at radius 3 is 2.87 bits per heavy atom. The summed E-state index contributed by atoms with van der Waals surface area (Å²) in [4.78, 5) is 10.6. The molecule has 0 bridgehead atoms. The van der Waals surface area contributed by atoms with Crippen molar-refractivity contribution in [3.05, 3.63) is 28.2 Å². The molecule has 4 heteroatoms. The molecule has 0 fully saturated rings. The third-order valence-corrected chi connectivity index (χ3v) is 2.61. The lowest BCUT2D eigenvalue weighted by Gasteiger charge is -2.07. The first-order valence-corrected chi connectivity index (χ1v) is 5.55. The van der Waals surface area contributed by atoms with E-state index in [-0.39, 0.29) is 6.42 Å². The molecule has 0 saturated heterocycles. The van der Waals surface area contributed by atoms with Crippen molar-refractivity contribution in [3.8, 4) is 5.75 Å². The zero-order chi connectivity index (χ0) is 11.3. The molecular weight excluding hydrogens is 260 g/mol.